The van der Waals surface area contributed by atoms with Crippen molar-refractivity contribution in [2.45, 2.75) is 50.2 Å². The maximum atomic E-state index is 12.8. The second-order valence-corrected chi connectivity index (χ2v) is 8.44. The van der Waals surface area contributed by atoms with Gasteiger partial charge in [0.1, 0.15) is 11.4 Å². The van der Waals surface area contributed by atoms with Crippen molar-refractivity contribution < 1.29 is 9.53 Å². The lowest BCUT2D eigenvalue weighted by Gasteiger charge is -2.49. The van der Waals surface area contributed by atoms with Gasteiger partial charge in [-0.15, -0.1) is 0 Å². The molecule has 23 heavy (non-hydrogen) atoms. The van der Waals surface area contributed by atoms with E-state index < -0.39 is 5.54 Å². The Morgan fingerprint density at radius 2 is 2.26 bits per heavy atom. The topological polar surface area (TPSA) is 50.4 Å². The summed E-state index contributed by atoms with van der Waals surface area (Å²) in [6.07, 6.45) is 4.95. The molecule has 4 rings (SSSR count). The fourth-order valence-electron chi connectivity index (χ4n) is 4.44. The molecule has 0 aromatic heterocycles. The number of rotatable bonds is 0. The lowest BCUT2D eigenvalue weighted by atomic mass is 9.68. The van der Waals surface area contributed by atoms with Crippen molar-refractivity contribution in [1.29, 1.82) is 0 Å². The van der Waals surface area contributed by atoms with Gasteiger partial charge in [0.25, 0.3) is 5.91 Å². The van der Waals surface area contributed by atoms with Crippen LogP contribution in [0.2, 0.25) is 0 Å². The molecule has 6 heteroatoms. The van der Waals surface area contributed by atoms with Gasteiger partial charge < -0.3 is 15.4 Å². The number of ether oxygens (including phenoxy) is 1. The quantitative estimate of drug-likeness (QED) is 0.662. The normalized spacial score (nSPS) is 35.7. The van der Waals surface area contributed by atoms with Crippen LogP contribution in [0.15, 0.2) is 22.7 Å². The number of thiocarbonyl (C=S) groups is 1. The van der Waals surface area contributed by atoms with E-state index in [1.165, 1.54) is 6.42 Å². The number of hydrogen-bond donors (Lipinski definition) is 2. The lowest BCUT2D eigenvalue weighted by molar-refractivity contribution is -0.129. The molecule has 1 aromatic carbocycles. The zero-order chi connectivity index (χ0) is 16.2. The van der Waals surface area contributed by atoms with Crippen molar-refractivity contribution in [3.8, 4) is 5.75 Å². The van der Waals surface area contributed by atoms with Crippen LogP contribution in [0.1, 0.15) is 44.6 Å². The lowest BCUT2D eigenvalue weighted by Crippen LogP contribution is -2.57. The zero-order valence-electron chi connectivity index (χ0n) is 12.9. The van der Waals surface area contributed by atoms with E-state index in [0.717, 1.165) is 35.0 Å². The molecule has 2 N–H and O–H groups in total. The molecular formula is C17H19BrN2O2S. The van der Waals surface area contributed by atoms with Gasteiger partial charge >= 0.3 is 0 Å². The fourth-order valence-corrected chi connectivity index (χ4v) is 5.07. The summed E-state index contributed by atoms with van der Waals surface area (Å²) in [6.45, 7) is 2.26. The van der Waals surface area contributed by atoms with E-state index in [4.69, 9.17) is 17.0 Å². The minimum atomic E-state index is -0.814. The second-order valence-electron chi connectivity index (χ2n) is 7.12. The predicted octanol–water partition coefficient (Wildman–Crippen LogP) is 3.38. The van der Waals surface area contributed by atoms with E-state index in [2.05, 4.69) is 33.5 Å². The van der Waals surface area contributed by atoms with Crippen LogP contribution in [-0.4, -0.2) is 16.6 Å². The Bertz CT molecular complexity index is 710. The third kappa shape index (κ3) is 2.38. The molecule has 3 aliphatic rings. The van der Waals surface area contributed by atoms with Crippen LogP contribution in [0.4, 0.5) is 0 Å². The summed E-state index contributed by atoms with van der Waals surface area (Å²) in [4.78, 5) is 12.8. The summed E-state index contributed by atoms with van der Waals surface area (Å²) in [5.41, 5.74) is -0.234. The smallest absolute Gasteiger partial charge is 0.256 e. The number of amides is 1. The van der Waals surface area contributed by atoms with Gasteiger partial charge in [-0.1, -0.05) is 29.3 Å². The van der Waals surface area contributed by atoms with Crippen molar-refractivity contribution in [3.63, 3.8) is 0 Å². The summed E-state index contributed by atoms with van der Waals surface area (Å²) in [6, 6.07) is 5.88. The Balaban J connectivity index is 1.86. The number of carbonyl (C=O) groups is 1. The van der Waals surface area contributed by atoms with Gasteiger partial charge in [-0.3, -0.25) is 4.79 Å². The van der Waals surface area contributed by atoms with Crippen molar-refractivity contribution >= 4 is 39.2 Å². The molecule has 122 valence electrons. The third-order valence-corrected chi connectivity index (χ3v) is 6.00. The largest absolute Gasteiger partial charge is 0.487 e. The van der Waals surface area contributed by atoms with Gasteiger partial charge in [0, 0.05) is 16.5 Å². The third-order valence-electron chi connectivity index (χ3n) is 5.31. The molecule has 0 bridgehead atoms. The average molecular weight is 395 g/mol. The number of benzene rings is 1. The Kier molecular flexibility index (Phi) is 3.47. The van der Waals surface area contributed by atoms with Crippen LogP contribution >= 0.6 is 28.1 Å². The number of nitrogens with one attached hydrogen (secondary N) is 2. The molecule has 1 aromatic rings. The number of fused-ring (bicyclic) bond motifs is 2. The molecule has 1 saturated heterocycles. The zero-order valence-corrected chi connectivity index (χ0v) is 15.4. The number of halogens is 1. The van der Waals surface area contributed by atoms with E-state index in [0.29, 0.717) is 17.5 Å². The molecule has 2 heterocycles. The SMILES string of the molecule is CC1CCCC2(C1)CC1(NC(=S)NC1=O)c1cc(Br)ccc1O2. The first kappa shape index (κ1) is 15.4. The standard InChI is InChI=1S/C17H19BrN2O2S/c1-10-3-2-6-16(8-10)9-17(14(21)19-15(23)20-17)12-7-11(18)4-5-13(12)22-16/h4-5,7,10H,2-3,6,8-9H2,1H3,(H2,19,20,21,23). The Hall–Kier alpha value is -1.14. The van der Waals surface area contributed by atoms with Gasteiger partial charge in [-0.2, -0.15) is 0 Å². The van der Waals surface area contributed by atoms with E-state index in [-0.39, 0.29) is 11.5 Å². The van der Waals surface area contributed by atoms with Gasteiger partial charge in [0.2, 0.25) is 0 Å². The van der Waals surface area contributed by atoms with Crippen LogP contribution in [0, 0.1) is 5.92 Å². The molecule has 2 spiro atoms. The van der Waals surface area contributed by atoms with Gasteiger partial charge in [0.05, 0.1) is 0 Å². The summed E-state index contributed by atoms with van der Waals surface area (Å²) < 4.78 is 7.40. The van der Waals surface area contributed by atoms with Crippen molar-refractivity contribution in [2.24, 2.45) is 5.92 Å². The van der Waals surface area contributed by atoms with E-state index in [1.54, 1.807) is 0 Å². The maximum Gasteiger partial charge on any atom is 0.256 e. The summed E-state index contributed by atoms with van der Waals surface area (Å²) in [7, 11) is 0. The van der Waals surface area contributed by atoms with Gasteiger partial charge in [-0.05, 0) is 55.6 Å². The van der Waals surface area contributed by atoms with Crippen LogP contribution in [0.5, 0.6) is 5.75 Å². The second kappa shape index (κ2) is 5.18. The van der Waals surface area contributed by atoms with Gasteiger partial charge in [-0.25, -0.2) is 0 Å². The van der Waals surface area contributed by atoms with E-state index in [9.17, 15) is 4.79 Å². The van der Waals surface area contributed by atoms with E-state index >= 15 is 0 Å². The van der Waals surface area contributed by atoms with Crippen LogP contribution in [0.25, 0.3) is 0 Å². The molecule has 4 nitrogen and oxygen atoms in total. The Labute approximate surface area is 149 Å². The maximum absolute atomic E-state index is 12.8. The van der Waals surface area contributed by atoms with Crippen molar-refractivity contribution in [3.05, 3.63) is 28.2 Å². The highest BCUT2D eigenvalue weighted by Crippen LogP contribution is 2.51. The first-order chi connectivity index (χ1) is 10.9. The molecule has 2 aliphatic heterocycles. The molecule has 0 radical (unpaired) electrons. The highest BCUT2D eigenvalue weighted by Gasteiger charge is 2.57. The number of carbonyl (C=O) groups excluding carboxylic acids is 1. The average Bonchev–Trinajstić information content (AvgIpc) is 2.74. The van der Waals surface area contributed by atoms with Crippen LogP contribution in [-0.2, 0) is 10.3 Å². The first-order valence-corrected chi connectivity index (χ1v) is 9.25. The highest BCUT2D eigenvalue weighted by atomic mass is 79.9. The van der Waals surface area contributed by atoms with Crippen molar-refractivity contribution in [2.75, 3.05) is 0 Å². The van der Waals surface area contributed by atoms with Crippen LogP contribution in [0.3, 0.4) is 0 Å². The minimum Gasteiger partial charge on any atom is -0.487 e. The summed E-state index contributed by atoms with van der Waals surface area (Å²) in [5.74, 6) is 1.33. The molecule has 3 atom stereocenters. The molecule has 3 unspecified atom stereocenters. The van der Waals surface area contributed by atoms with Crippen molar-refractivity contribution in [1.82, 2.24) is 10.6 Å². The minimum absolute atomic E-state index is 0.0669. The molecule has 1 amide bonds. The predicted molar refractivity (Wildman–Crippen MR) is 95.3 cm³/mol. The fraction of sp³-hybridized carbons (Fsp3) is 0.529. The highest BCUT2D eigenvalue weighted by molar-refractivity contribution is 9.10. The molecular weight excluding hydrogens is 376 g/mol. The summed E-state index contributed by atoms with van der Waals surface area (Å²) >= 11 is 8.73. The van der Waals surface area contributed by atoms with Crippen LogP contribution < -0.4 is 15.4 Å². The summed E-state index contributed by atoms with van der Waals surface area (Å²) in [5, 5.41) is 6.44. The molecule has 1 aliphatic carbocycles. The molecule has 2 fully saturated rings. The molecule has 1 saturated carbocycles. The van der Waals surface area contributed by atoms with E-state index in [1.807, 2.05) is 18.2 Å². The monoisotopic (exact) mass is 394 g/mol. The number of hydrogen-bond acceptors (Lipinski definition) is 3. The Morgan fingerprint density at radius 1 is 1.43 bits per heavy atom. The first-order valence-electron chi connectivity index (χ1n) is 8.05. The van der Waals surface area contributed by atoms with Gasteiger partial charge in [0.15, 0.2) is 10.7 Å². The Morgan fingerprint density at radius 3 is 2.96 bits per heavy atom.